The number of benzene rings is 10. The number of furan rings is 4. The maximum absolute atomic E-state index is 7.15. The monoisotopic (exact) mass is 1030 g/mol. The van der Waals surface area contributed by atoms with Crippen molar-refractivity contribution in [3.05, 3.63) is 210 Å². The normalized spacial score (nSPS) is 15.1. The van der Waals surface area contributed by atoms with Crippen molar-refractivity contribution in [2.24, 2.45) is 5.41 Å². The number of aryl methyl sites for hydroxylation is 2. The van der Waals surface area contributed by atoms with E-state index < -0.39 is 0 Å². The van der Waals surface area contributed by atoms with Crippen molar-refractivity contribution >= 4 is 139 Å². The van der Waals surface area contributed by atoms with E-state index in [9.17, 15) is 0 Å². The van der Waals surface area contributed by atoms with Crippen LogP contribution in [-0.2, 0) is 10.8 Å². The van der Waals surface area contributed by atoms with E-state index in [1.807, 2.05) is 0 Å². The lowest BCUT2D eigenvalue weighted by atomic mass is 9.62. The summed E-state index contributed by atoms with van der Waals surface area (Å²) in [5.74, 6) is 1.06. The van der Waals surface area contributed by atoms with E-state index in [1.165, 1.54) is 16.7 Å². The standard InChI is InChI=1S/C73H60N2O4/c1-42-18-10-12-25-57(42)74(59-27-15-21-51-50-20-14-24-56(71(3,4)5)67(50)78-68(51)59)48-31-29-44-38-54-63(40-46(44)36-48)76-61-33-34-62-66(65(54)61)55-39-45-30-32-49(37-47(45)41-64(55)77-62)75(58-26-13-11-19-43(58)2)60-28-16-22-52-53-23-17-35-73(9,72(6,7)8)70(53)79-69(52)60/h10-34,36-41H,35H2,1-9H3. The molecule has 0 aliphatic heterocycles. The van der Waals surface area contributed by atoms with Crippen LogP contribution in [0.2, 0.25) is 0 Å². The van der Waals surface area contributed by atoms with Crippen molar-refractivity contribution in [1.29, 1.82) is 0 Å². The number of nitrogens with zero attached hydrogens (tertiary/aromatic N) is 2. The Morgan fingerprint density at radius 3 is 1.44 bits per heavy atom. The van der Waals surface area contributed by atoms with Crippen LogP contribution in [-0.4, -0.2) is 0 Å². The van der Waals surface area contributed by atoms with E-state index in [1.54, 1.807) is 0 Å². The molecule has 4 heterocycles. The quantitative estimate of drug-likeness (QED) is 0.165. The van der Waals surface area contributed by atoms with Gasteiger partial charge < -0.3 is 27.5 Å². The van der Waals surface area contributed by atoms with Gasteiger partial charge in [0.1, 0.15) is 33.7 Å². The number of rotatable bonds is 6. The number of para-hydroxylation sites is 5. The molecular weight excluding hydrogens is 969 g/mol. The first-order valence-electron chi connectivity index (χ1n) is 27.7. The van der Waals surface area contributed by atoms with Crippen molar-refractivity contribution in [2.75, 3.05) is 9.80 Å². The highest BCUT2D eigenvalue weighted by atomic mass is 16.3. The SMILES string of the molecule is Cc1ccccc1N(c1ccc2cc3c(cc2c1)oc1ccc2oc4cc5cc(N(c6ccccc6C)c6cccc7c6oc6c(C(C)(C)C)cccc67)ccc5cc4c2c13)c1cccc2c3c(oc12)C(C)(C(C)(C)C)CC=C3. The zero-order valence-electron chi connectivity index (χ0n) is 46.1. The molecule has 1 atom stereocenters. The maximum Gasteiger partial charge on any atom is 0.159 e. The van der Waals surface area contributed by atoms with Crippen LogP contribution in [0.25, 0.3) is 104 Å². The molecule has 0 radical (unpaired) electrons. The molecule has 1 unspecified atom stereocenters. The average molecular weight is 1030 g/mol. The van der Waals surface area contributed by atoms with Gasteiger partial charge >= 0.3 is 0 Å². The zero-order valence-corrected chi connectivity index (χ0v) is 46.1. The number of fused-ring (bicyclic) bond motifs is 15. The summed E-state index contributed by atoms with van der Waals surface area (Å²) in [6.45, 7) is 20.4. The van der Waals surface area contributed by atoms with Crippen LogP contribution in [0.4, 0.5) is 34.1 Å². The Morgan fingerprint density at radius 2 is 0.911 bits per heavy atom. The zero-order chi connectivity index (χ0) is 53.9. The lowest BCUT2D eigenvalue weighted by molar-refractivity contribution is 0.172. The van der Waals surface area contributed by atoms with Crippen molar-refractivity contribution in [2.45, 2.75) is 79.6 Å². The van der Waals surface area contributed by atoms with Crippen LogP contribution >= 0.6 is 0 Å². The lowest BCUT2D eigenvalue weighted by Crippen LogP contribution is -2.37. The number of hydrogen-bond acceptors (Lipinski definition) is 6. The molecule has 0 N–H and O–H groups in total. The van der Waals surface area contributed by atoms with E-state index in [2.05, 4.69) is 260 Å². The van der Waals surface area contributed by atoms with Crippen LogP contribution in [0.15, 0.2) is 200 Å². The molecule has 4 aromatic heterocycles. The lowest BCUT2D eigenvalue weighted by Gasteiger charge is -2.41. The summed E-state index contributed by atoms with van der Waals surface area (Å²) >= 11 is 0. The Kier molecular flexibility index (Phi) is 10.0. The second-order valence-corrected chi connectivity index (χ2v) is 24.4. The summed E-state index contributed by atoms with van der Waals surface area (Å²) in [7, 11) is 0. The molecule has 0 saturated heterocycles. The Morgan fingerprint density at radius 1 is 0.418 bits per heavy atom. The van der Waals surface area contributed by atoms with Gasteiger partial charge in [-0.3, -0.25) is 0 Å². The van der Waals surface area contributed by atoms with Gasteiger partial charge in [0.2, 0.25) is 0 Å². The Balaban J connectivity index is 0.859. The summed E-state index contributed by atoms with van der Waals surface area (Å²) in [5, 5.41) is 12.0. The predicted molar refractivity (Wildman–Crippen MR) is 331 cm³/mol. The first kappa shape index (κ1) is 47.2. The van der Waals surface area contributed by atoms with Crippen LogP contribution in [0.5, 0.6) is 0 Å². The van der Waals surface area contributed by atoms with Crippen LogP contribution in [0.3, 0.4) is 0 Å². The molecular formula is C73H60N2O4. The van der Waals surface area contributed by atoms with E-state index in [-0.39, 0.29) is 16.2 Å². The van der Waals surface area contributed by atoms with Gasteiger partial charge in [0, 0.05) is 77.0 Å². The smallest absolute Gasteiger partial charge is 0.159 e. The van der Waals surface area contributed by atoms with Crippen molar-refractivity contribution in [3.63, 3.8) is 0 Å². The molecule has 0 spiro atoms. The summed E-state index contributed by atoms with van der Waals surface area (Å²) in [4.78, 5) is 4.71. The highest BCUT2D eigenvalue weighted by Gasteiger charge is 2.44. The van der Waals surface area contributed by atoms with Gasteiger partial charge in [0.05, 0.1) is 11.4 Å². The van der Waals surface area contributed by atoms with Crippen molar-refractivity contribution < 1.29 is 17.7 Å². The van der Waals surface area contributed by atoms with E-state index in [0.29, 0.717) is 0 Å². The van der Waals surface area contributed by atoms with E-state index in [0.717, 1.165) is 150 Å². The molecule has 6 nitrogen and oxygen atoms in total. The van der Waals surface area contributed by atoms with E-state index >= 15 is 0 Å². The summed E-state index contributed by atoms with van der Waals surface area (Å²) in [6.07, 6.45) is 5.51. The summed E-state index contributed by atoms with van der Waals surface area (Å²) in [5.41, 5.74) is 16.7. The minimum atomic E-state index is -0.162. The molecule has 79 heavy (non-hydrogen) atoms. The highest BCUT2D eigenvalue weighted by molar-refractivity contribution is 6.28. The Hall–Kier alpha value is -9.00. The van der Waals surface area contributed by atoms with Gasteiger partial charge in [-0.15, -0.1) is 0 Å². The number of hydrogen-bond donors (Lipinski definition) is 0. The highest BCUT2D eigenvalue weighted by Crippen LogP contribution is 2.54. The molecule has 0 saturated carbocycles. The van der Waals surface area contributed by atoms with Gasteiger partial charge in [0.25, 0.3) is 0 Å². The largest absolute Gasteiger partial charge is 0.458 e. The minimum absolute atomic E-state index is 0.00979. The molecule has 1 aliphatic carbocycles. The number of allylic oxidation sites excluding steroid dienone is 1. The average Bonchev–Trinajstić information content (AvgIpc) is 3.60. The summed E-state index contributed by atoms with van der Waals surface area (Å²) in [6, 6.07) is 63.4. The molecule has 0 amide bonds. The molecule has 0 fully saturated rings. The Labute approximate surface area is 458 Å². The fraction of sp³-hybridized carbons (Fsp3) is 0.178. The van der Waals surface area contributed by atoms with Gasteiger partial charge in [0.15, 0.2) is 11.2 Å². The van der Waals surface area contributed by atoms with Gasteiger partial charge in [-0.1, -0.05) is 152 Å². The van der Waals surface area contributed by atoms with Crippen molar-refractivity contribution in [1.82, 2.24) is 0 Å². The Bertz CT molecular complexity index is 4910. The second-order valence-electron chi connectivity index (χ2n) is 24.4. The molecule has 14 aromatic rings. The third-order valence-corrected chi connectivity index (χ3v) is 17.7. The fourth-order valence-corrected chi connectivity index (χ4v) is 12.9. The molecule has 0 bridgehead atoms. The third-order valence-electron chi connectivity index (χ3n) is 17.7. The van der Waals surface area contributed by atoms with Crippen LogP contribution < -0.4 is 9.80 Å². The molecule has 10 aromatic carbocycles. The van der Waals surface area contributed by atoms with Gasteiger partial charge in [-0.25, -0.2) is 0 Å². The maximum atomic E-state index is 7.15. The number of anilines is 6. The first-order chi connectivity index (χ1) is 38.1. The summed E-state index contributed by atoms with van der Waals surface area (Å²) < 4.78 is 27.8. The second kappa shape index (κ2) is 16.8. The minimum Gasteiger partial charge on any atom is -0.458 e. The topological polar surface area (TPSA) is 59.0 Å². The molecule has 15 rings (SSSR count). The van der Waals surface area contributed by atoms with Crippen molar-refractivity contribution in [3.8, 4) is 0 Å². The van der Waals surface area contributed by atoms with Gasteiger partial charge in [-0.05, 0) is 149 Å². The molecule has 6 heteroatoms. The third kappa shape index (κ3) is 7.02. The fourth-order valence-electron chi connectivity index (χ4n) is 12.9. The van der Waals surface area contributed by atoms with Crippen LogP contribution in [0.1, 0.15) is 82.9 Å². The molecule has 386 valence electrons. The van der Waals surface area contributed by atoms with E-state index in [4.69, 9.17) is 17.7 Å². The molecule has 1 aliphatic rings. The van der Waals surface area contributed by atoms with Crippen LogP contribution in [0, 0.1) is 19.3 Å². The van der Waals surface area contributed by atoms with Gasteiger partial charge in [-0.2, -0.15) is 0 Å². The first-order valence-corrected chi connectivity index (χ1v) is 27.7. The predicted octanol–water partition coefficient (Wildman–Crippen LogP) is 22.0.